The molecular formula is C20H24N2O5S. The predicted molar refractivity (Wildman–Crippen MR) is 104 cm³/mol. The van der Waals surface area contributed by atoms with Crippen LogP contribution in [0.3, 0.4) is 0 Å². The molecule has 7 nitrogen and oxygen atoms in total. The zero-order chi connectivity index (χ0) is 20.3. The van der Waals surface area contributed by atoms with Crippen LogP contribution in [-0.2, 0) is 25.9 Å². The maximum atomic E-state index is 12.9. The number of hydrogen-bond donors (Lipinski definition) is 1. The average Bonchev–Trinajstić information content (AvgIpc) is 2.81. The van der Waals surface area contributed by atoms with Gasteiger partial charge < -0.3 is 19.3 Å². The van der Waals surface area contributed by atoms with Crippen molar-refractivity contribution in [3.8, 4) is 5.75 Å². The highest BCUT2D eigenvalue weighted by Crippen LogP contribution is 2.24. The minimum absolute atomic E-state index is 0.0742. The summed E-state index contributed by atoms with van der Waals surface area (Å²) < 4.78 is 32.0. The van der Waals surface area contributed by atoms with Crippen molar-refractivity contribution in [2.75, 3.05) is 26.7 Å². The lowest BCUT2D eigenvalue weighted by Crippen LogP contribution is -2.42. The number of hydrogen-bond acceptors (Lipinski definition) is 5. The first-order chi connectivity index (χ1) is 13.3. The first kappa shape index (κ1) is 20.5. The van der Waals surface area contributed by atoms with Crippen LogP contribution in [0, 0.1) is 6.92 Å². The van der Waals surface area contributed by atoms with E-state index in [4.69, 9.17) is 4.74 Å². The number of sulfonamides is 1. The molecule has 1 saturated heterocycles. The van der Waals surface area contributed by atoms with E-state index in [1.165, 1.54) is 17.0 Å². The van der Waals surface area contributed by atoms with Gasteiger partial charge in [-0.1, -0.05) is 34.0 Å². The Balaban J connectivity index is 1.77. The molecule has 1 fully saturated rings. The van der Waals surface area contributed by atoms with E-state index in [9.17, 15) is 18.7 Å². The van der Waals surface area contributed by atoms with Gasteiger partial charge in [-0.15, -0.1) is 4.31 Å². The first-order valence-corrected chi connectivity index (χ1v) is 10.4. The van der Waals surface area contributed by atoms with Crippen LogP contribution < -0.4 is 4.74 Å². The molecule has 3 rings (SSSR count). The Bertz CT molecular complexity index is 869. The number of β-amino-alcohol motifs (C(OH)–C–C–N with tert-alkyl or cyclic N) is 1. The molecule has 0 saturated carbocycles. The summed E-state index contributed by atoms with van der Waals surface area (Å²) in [7, 11) is -2.29. The molecule has 1 N–H and O–H groups in total. The maximum absolute atomic E-state index is 12.9. The van der Waals surface area contributed by atoms with Crippen LogP contribution in [0.1, 0.15) is 11.1 Å². The third-order valence-corrected chi connectivity index (χ3v) is 6.53. The van der Waals surface area contributed by atoms with Gasteiger partial charge in [0.05, 0.1) is 19.8 Å². The summed E-state index contributed by atoms with van der Waals surface area (Å²) in [6, 6.07) is 13.7. The van der Waals surface area contributed by atoms with E-state index in [2.05, 4.69) is 0 Å². The van der Waals surface area contributed by atoms with E-state index in [1.807, 2.05) is 19.1 Å². The van der Waals surface area contributed by atoms with Gasteiger partial charge in [0.1, 0.15) is 12.3 Å². The largest absolute Gasteiger partial charge is 0.593 e. The number of aliphatic hydroxyl groups excluding tert-OH is 1. The summed E-state index contributed by atoms with van der Waals surface area (Å²) in [6.45, 7) is 1.81. The molecule has 1 aliphatic heterocycles. The SMILES string of the molecule is COc1ccc(CN2CC(O)CN([S+](=O)([O-])c3ccc(C)cc3)CC2=O)cc1. The molecule has 1 amide bonds. The van der Waals surface area contributed by atoms with Gasteiger partial charge in [-0.25, -0.2) is 0 Å². The number of benzene rings is 2. The Morgan fingerprint density at radius 3 is 2.39 bits per heavy atom. The molecule has 0 spiro atoms. The molecule has 1 aliphatic rings. The molecule has 2 aromatic rings. The summed E-state index contributed by atoms with van der Waals surface area (Å²) in [4.78, 5) is 14.3. The Hall–Kier alpha value is -2.26. The van der Waals surface area contributed by atoms with Crippen LogP contribution in [0.2, 0.25) is 0 Å². The minimum atomic E-state index is -3.86. The summed E-state index contributed by atoms with van der Waals surface area (Å²) in [6.07, 6.45) is -0.968. The second-order valence-corrected chi connectivity index (χ2v) is 8.82. The summed E-state index contributed by atoms with van der Waals surface area (Å²) in [5.74, 6) is 0.365. The van der Waals surface area contributed by atoms with E-state index in [0.29, 0.717) is 5.75 Å². The van der Waals surface area contributed by atoms with Crippen LogP contribution in [0.4, 0.5) is 0 Å². The van der Waals surface area contributed by atoms with Gasteiger partial charge >= 0.3 is 0 Å². The third kappa shape index (κ3) is 4.59. The lowest BCUT2D eigenvalue weighted by Gasteiger charge is -2.26. The van der Waals surface area contributed by atoms with Crippen LogP contribution in [0.25, 0.3) is 0 Å². The monoisotopic (exact) mass is 404 g/mol. The summed E-state index contributed by atoms with van der Waals surface area (Å²) >= 11 is 0. The normalized spacial score (nSPS) is 20.5. The third-order valence-electron chi connectivity index (χ3n) is 4.70. The lowest BCUT2D eigenvalue weighted by molar-refractivity contribution is -0.131. The van der Waals surface area contributed by atoms with E-state index < -0.39 is 16.5 Å². The Morgan fingerprint density at radius 2 is 1.79 bits per heavy atom. The molecular weight excluding hydrogens is 380 g/mol. The van der Waals surface area contributed by atoms with Crippen molar-refractivity contribution in [2.24, 2.45) is 0 Å². The van der Waals surface area contributed by atoms with Crippen molar-refractivity contribution < 1.29 is 23.4 Å². The summed E-state index contributed by atoms with van der Waals surface area (Å²) in [5, 5.41) is 10.3. The van der Waals surface area contributed by atoms with Gasteiger partial charge in [0.25, 0.3) is 0 Å². The van der Waals surface area contributed by atoms with Gasteiger partial charge in [-0.3, -0.25) is 4.79 Å². The van der Waals surface area contributed by atoms with Gasteiger partial charge in [0, 0.05) is 13.1 Å². The second-order valence-electron chi connectivity index (χ2n) is 6.89. The fraction of sp³-hybridized carbons (Fsp3) is 0.350. The maximum Gasteiger partial charge on any atom is 0.241 e. The Kier molecular flexibility index (Phi) is 6.14. The molecule has 2 aromatic carbocycles. The van der Waals surface area contributed by atoms with E-state index in [-0.39, 0.29) is 37.0 Å². The molecule has 28 heavy (non-hydrogen) atoms. The molecule has 0 radical (unpaired) electrons. The molecule has 0 aromatic heterocycles. The first-order valence-electron chi connectivity index (χ1n) is 8.95. The van der Waals surface area contributed by atoms with Gasteiger partial charge in [-0.2, -0.15) is 0 Å². The van der Waals surface area contributed by atoms with Crippen molar-refractivity contribution in [3.63, 3.8) is 0 Å². The fourth-order valence-electron chi connectivity index (χ4n) is 3.11. The molecule has 0 aliphatic carbocycles. The van der Waals surface area contributed by atoms with Crippen molar-refractivity contribution in [2.45, 2.75) is 24.5 Å². The molecule has 2 atom stereocenters. The van der Waals surface area contributed by atoms with Crippen LogP contribution >= 0.6 is 0 Å². The molecule has 1 heterocycles. The van der Waals surface area contributed by atoms with Crippen molar-refractivity contribution in [1.29, 1.82) is 0 Å². The standard InChI is InChI=1S/C20H24N2O5S/c1-15-3-9-19(10-4-15)28(25,26)22-13-17(23)12-21(20(24)14-22)11-16-5-7-18(27-2)8-6-16/h3-10,17,23H,11-14H2,1-2H3. The van der Waals surface area contributed by atoms with Crippen LogP contribution in [-0.4, -0.2) is 57.6 Å². The molecule has 0 bridgehead atoms. The lowest BCUT2D eigenvalue weighted by atomic mass is 10.2. The average molecular weight is 404 g/mol. The zero-order valence-electron chi connectivity index (χ0n) is 15.9. The van der Waals surface area contributed by atoms with Gasteiger partial charge in [0.2, 0.25) is 5.91 Å². The van der Waals surface area contributed by atoms with Crippen molar-refractivity contribution in [3.05, 3.63) is 59.7 Å². The highest BCUT2D eigenvalue weighted by Gasteiger charge is 2.38. The fourth-order valence-corrected chi connectivity index (χ4v) is 4.54. The second kappa shape index (κ2) is 8.40. The van der Waals surface area contributed by atoms with Gasteiger partial charge in [-0.05, 0) is 36.8 Å². The number of rotatable bonds is 5. The van der Waals surface area contributed by atoms with E-state index in [1.54, 1.807) is 31.4 Å². The van der Waals surface area contributed by atoms with Gasteiger partial charge in [0.15, 0.2) is 15.3 Å². The molecule has 2 unspecified atom stereocenters. The molecule has 8 heteroatoms. The number of carbonyl (C=O) groups excluding carboxylic acids is 1. The number of nitrogens with zero attached hydrogens (tertiary/aromatic N) is 2. The van der Waals surface area contributed by atoms with Crippen molar-refractivity contribution in [1.82, 2.24) is 9.21 Å². The number of ether oxygens (including phenoxy) is 1. The van der Waals surface area contributed by atoms with Crippen molar-refractivity contribution >= 4 is 16.3 Å². The predicted octanol–water partition coefficient (Wildman–Crippen LogP) is 1.61. The Morgan fingerprint density at radius 1 is 1.14 bits per heavy atom. The topological polar surface area (TPSA) is 93.1 Å². The smallest absolute Gasteiger partial charge is 0.241 e. The number of amides is 1. The minimum Gasteiger partial charge on any atom is -0.593 e. The zero-order valence-corrected chi connectivity index (χ0v) is 16.7. The summed E-state index contributed by atoms with van der Waals surface area (Å²) in [5.41, 5.74) is 1.81. The van der Waals surface area contributed by atoms with E-state index in [0.717, 1.165) is 15.4 Å². The number of methoxy groups -OCH3 is 1. The number of aliphatic hydroxyl groups is 1. The van der Waals surface area contributed by atoms with Crippen LogP contribution in [0.15, 0.2) is 53.4 Å². The quantitative estimate of drug-likeness (QED) is 0.765. The number of carbonyl (C=O) groups is 1. The molecule has 150 valence electrons. The van der Waals surface area contributed by atoms with E-state index >= 15 is 0 Å². The van der Waals surface area contributed by atoms with Crippen LogP contribution in [0.5, 0.6) is 5.75 Å². The Labute approximate surface area is 165 Å². The highest BCUT2D eigenvalue weighted by atomic mass is 32.3. The number of aryl methyl sites for hydroxylation is 1. The highest BCUT2D eigenvalue weighted by molar-refractivity contribution is 7.95.